The van der Waals surface area contributed by atoms with Crippen LogP contribution in [0.1, 0.15) is 27.7 Å². The Morgan fingerprint density at radius 1 is 1.45 bits per heavy atom. The van der Waals surface area contributed by atoms with Crippen molar-refractivity contribution in [2.75, 3.05) is 17.7 Å². The molecule has 1 heterocycles. The molecular formula is C12H20N4O3S. The van der Waals surface area contributed by atoms with Gasteiger partial charge in [0.2, 0.25) is 11.9 Å². The summed E-state index contributed by atoms with van der Waals surface area (Å²) in [5.74, 6) is -0.0400. The van der Waals surface area contributed by atoms with Crippen molar-refractivity contribution in [1.82, 2.24) is 14.8 Å². The van der Waals surface area contributed by atoms with Crippen LogP contribution in [0.25, 0.3) is 0 Å². The molecule has 0 aromatic carbocycles. The molecule has 20 heavy (non-hydrogen) atoms. The van der Waals surface area contributed by atoms with E-state index >= 15 is 0 Å². The van der Waals surface area contributed by atoms with Gasteiger partial charge in [0.1, 0.15) is 12.9 Å². The first-order valence-corrected chi connectivity index (χ1v) is 7.27. The van der Waals surface area contributed by atoms with Gasteiger partial charge in [-0.3, -0.25) is 14.9 Å². The predicted molar refractivity (Wildman–Crippen MR) is 77.5 cm³/mol. The van der Waals surface area contributed by atoms with E-state index in [9.17, 15) is 9.59 Å². The Balaban J connectivity index is 2.43. The second-order valence-corrected chi connectivity index (χ2v) is 6.82. The number of amides is 1. The van der Waals surface area contributed by atoms with Gasteiger partial charge in [-0.1, -0.05) is 20.8 Å². The minimum Gasteiger partial charge on any atom is -0.465 e. The molecule has 1 N–H and O–H groups in total. The van der Waals surface area contributed by atoms with Crippen LogP contribution >= 0.6 is 11.8 Å². The molecule has 0 unspecified atom stereocenters. The molecule has 1 aromatic rings. The average molecular weight is 300 g/mol. The van der Waals surface area contributed by atoms with Gasteiger partial charge < -0.3 is 4.74 Å². The summed E-state index contributed by atoms with van der Waals surface area (Å²) in [6.45, 7) is 8.15. The summed E-state index contributed by atoms with van der Waals surface area (Å²) in [6.07, 6.45) is 1.38. The van der Waals surface area contributed by atoms with Crippen molar-refractivity contribution < 1.29 is 14.3 Å². The minimum absolute atomic E-state index is 0.0204. The van der Waals surface area contributed by atoms with E-state index < -0.39 is 5.97 Å². The van der Waals surface area contributed by atoms with Gasteiger partial charge in [-0.2, -0.15) is 0 Å². The Morgan fingerprint density at radius 3 is 2.75 bits per heavy atom. The molecule has 7 nitrogen and oxygen atoms in total. The summed E-state index contributed by atoms with van der Waals surface area (Å²) in [7, 11) is 0. The fraction of sp³-hybridized carbons (Fsp3) is 0.667. The lowest BCUT2D eigenvalue weighted by Gasteiger charge is -2.16. The zero-order chi connectivity index (χ0) is 15.2. The van der Waals surface area contributed by atoms with Crippen molar-refractivity contribution in [3.8, 4) is 0 Å². The topological polar surface area (TPSA) is 86.1 Å². The summed E-state index contributed by atoms with van der Waals surface area (Å²) in [5.41, 5.74) is 0. The molecule has 0 bridgehead atoms. The lowest BCUT2D eigenvalue weighted by Crippen LogP contribution is -2.20. The zero-order valence-electron chi connectivity index (χ0n) is 12.2. The largest absolute Gasteiger partial charge is 0.465 e. The van der Waals surface area contributed by atoms with Crippen LogP contribution in [0.5, 0.6) is 0 Å². The van der Waals surface area contributed by atoms with Gasteiger partial charge in [-0.15, -0.1) is 16.9 Å². The Morgan fingerprint density at radius 2 is 2.15 bits per heavy atom. The molecule has 1 rings (SSSR count). The summed E-state index contributed by atoms with van der Waals surface area (Å²) in [6, 6.07) is 0. The number of carbonyl (C=O) groups is 2. The van der Waals surface area contributed by atoms with Gasteiger partial charge in [0.05, 0.1) is 12.4 Å². The second kappa shape index (κ2) is 7.28. The van der Waals surface area contributed by atoms with E-state index in [-0.39, 0.29) is 23.1 Å². The number of rotatable bonds is 6. The number of ether oxygens (including phenoxy) is 1. The highest BCUT2D eigenvalue weighted by Gasteiger charge is 2.14. The molecule has 0 aliphatic heterocycles. The number of carbonyl (C=O) groups excluding carboxylic acids is 2. The molecule has 0 atom stereocenters. The first kappa shape index (κ1) is 16.5. The lowest BCUT2D eigenvalue weighted by molar-refractivity contribution is -0.144. The molecule has 0 aliphatic carbocycles. The van der Waals surface area contributed by atoms with E-state index in [1.807, 2.05) is 20.8 Å². The van der Waals surface area contributed by atoms with E-state index in [1.54, 1.807) is 6.92 Å². The fourth-order valence-corrected chi connectivity index (χ4v) is 1.85. The van der Waals surface area contributed by atoms with Crippen molar-refractivity contribution in [3.63, 3.8) is 0 Å². The van der Waals surface area contributed by atoms with Crippen LogP contribution in [-0.2, 0) is 20.9 Å². The number of nitrogens with one attached hydrogen (secondary N) is 1. The normalized spacial score (nSPS) is 11.2. The highest BCUT2D eigenvalue weighted by molar-refractivity contribution is 8.01. The molecule has 112 valence electrons. The molecule has 0 radical (unpaired) electrons. The maximum absolute atomic E-state index is 11.7. The Bertz CT molecular complexity index is 468. The molecule has 0 saturated heterocycles. The van der Waals surface area contributed by atoms with Crippen molar-refractivity contribution in [2.24, 2.45) is 0 Å². The number of hydrogen-bond acceptors (Lipinski definition) is 6. The molecule has 8 heteroatoms. The highest BCUT2D eigenvalue weighted by Crippen LogP contribution is 2.22. The molecule has 1 amide bonds. The highest BCUT2D eigenvalue weighted by atomic mass is 32.2. The SMILES string of the molecule is CCOC(=O)Cn1cnc(NC(=O)CSC(C)(C)C)n1. The van der Waals surface area contributed by atoms with Gasteiger partial charge in [0, 0.05) is 4.75 Å². The maximum Gasteiger partial charge on any atom is 0.327 e. The number of nitrogens with zero attached hydrogens (tertiary/aromatic N) is 3. The Labute approximate surface area is 122 Å². The third-order valence-corrected chi connectivity index (χ3v) is 3.29. The number of thioether (sulfide) groups is 1. The first-order valence-electron chi connectivity index (χ1n) is 6.29. The number of aromatic nitrogens is 3. The smallest absolute Gasteiger partial charge is 0.327 e. The maximum atomic E-state index is 11.7. The van der Waals surface area contributed by atoms with Gasteiger partial charge in [0.15, 0.2) is 0 Å². The number of anilines is 1. The summed E-state index contributed by atoms with van der Waals surface area (Å²) in [5, 5.41) is 6.57. The summed E-state index contributed by atoms with van der Waals surface area (Å²) >= 11 is 1.54. The third kappa shape index (κ3) is 6.55. The quantitative estimate of drug-likeness (QED) is 0.797. The monoisotopic (exact) mass is 300 g/mol. The summed E-state index contributed by atoms with van der Waals surface area (Å²) < 4.78 is 6.14. The Kier molecular flexibility index (Phi) is 6.00. The Hall–Kier alpha value is -1.57. The molecule has 0 aliphatic rings. The summed E-state index contributed by atoms with van der Waals surface area (Å²) in [4.78, 5) is 26.9. The van der Waals surface area contributed by atoms with Crippen molar-refractivity contribution >= 4 is 29.6 Å². The average Bonchev–Trinajstić information content (AvgIpc) is 2.73. The molecule has 1 aromatic heterocycles. The first-order chi connectivity index (χ1) is 9.30. The minimum atomic E-state index is -0.390. The van der Waals surface area contributed by atoms with Crippen LogP contribution in [0.2, 0.25) is 0 Å². The molecule has 0 spiro atoms. The van der Waals surface area contributed by atoms with Crippen LogP contribution in [0, 0.1) is 0 Å². The van der Waals surface area contributed by atoms with E-state index in [0.717, 1.165) is 0 Å². The zero-order valence-corrected chi connectivity index (χ0v) is 13.0. The molecule has 0 fully saturated rings. The van der Waals surface area contributed by atoms with Crippen molar-refractivity contribution in [3.05, 3.63) is 6.33 Å². The van der Waals surface area contributed by atoms with Crippen LogP contribution in [0.4, 0.5) is 5.95 Å². The van der Waals surface area contributed by atoms with Crippen molar-refractivity contribution in [2.45, 2.75) is 39.0 Å². The van der Waals surface area contributed by atoms with E-state index in [0.29, 0.717) is 12.4 Å². The third-order valence-electron chi connectivity index (χ3n) is 2.02. The van der Waals surface area contributed by atoms with Crippen LogP contribution in [0.3, 0.4) is 0 Å². The number of esters is 1. The van der Waals surface area contributed by atoms with E-state index in [2.05, 4.69) is 15.4 Å². The van der Waals surface area contributed by atoms with Gasteiger partial charge in [0.25, 0.3) is 0 Å². The van der Waals surface area contributed by atoms with Crippen LogP contribution in [-0.4, -0.2) is 43.7 Å². The van der Waals surface area contributed by atoms with E-state index in [1.165, 1.54) is 22.8 Å². The number of hydrogen-bond donors (Lipinski definition) is 1. The fourth-order valence-electron chi connectivity index (χ4n) is 1.21. The molecule has 0 saturated carbocycles. The molecular weight excluding hydrogens is 280 g/mol. The predicted octanol–water partition coefficient (Wildman–Crippen LogP) is 1.31. The second-order valence-electron chi connectivity index (χ2n) is 5.02. The van der Waals surface area contributed by atoms with Crippen LogP contribution in [0.15, 0.2) is 6.33 Å². The van der Waals surface area contributed by atoms with E-state index in [4.69, 9.17) is 4.74 Å². The van der Waals surface area contributed by atoms with Crippen molar-refractivity contribution in [1.29, 1.82) is 0 Å². The van der Waals surface area contributed by atoms with Gasteiger partial charge in [-0.25, -0.2) is 9.67 Å². The van der Waals surface area contributed by atoms with Crippen LogP contribution < -0.4 is 5.32 Å². The van der Waals surface area contributed by atoms with Gasteiger partial charge in [-0.05, 0) is 6.92 Å². The standard InChI is InChI=1S/C12H20N4O3S/c1-5-19-10(18)6-16-8-13-11(15-16)14-9(17)7-20-12(2,3)4/h8H,5-7H2,1-4H3,(H,14,15,17). The van der Waals surface area contributed by atoms with Gasteiger partial charge >= 0.3 is 5.97 Å². The lowest BCUT2D eigenvalue weighted by atomic mass is 10.3.